The molecule has 3 unspecified atom stereocenters. The molecular formula is C16H22N2O2S. The van der Waals surface area contributed by atoms with Crippen molar-refractivity contribution in [1.29, 1.82) is 0 Å². The summed E-state index contributed by atoms with van der Waals surface area (Å²) in [6, 6.07) is 9.76. The van der Waals surface area contributed by atoms with Gasteiger partial charge in [-0.1, -0.05) is 42.5 Å². The number of rotatable bonds is 6. The third-order valence-electron chi connectivity index (χ3n) is 3.84. The lowest BCUT2D eigenvalue weighted by atomic mass is 9.97. The molecule has 0 radical (unpaired) electrons. The Bertz CT molecular complexity index is 486. The zero-order valence-corrected chi connectivity index (χ0v) is 13.1. The molecule has 1 amide bonds. The zero-order chi connectivity index (χ0) is 15.2. The molecule has 5 heteroatoms. The fourth-order valence-corrected chi connectivity index (χ4v) is 2.78. The van der Waals surface area contributed by atoms with Gasteiger partial charge in [-0.05, 0) is 31.7 Å². The van der Waals surface area contributed by atoms with Crippen LogP contribution in [0.3, 0.4) is 0 Å². The number of carbonyl (C=O) groups is 1. The van der Waals surface area contributed by atoms with Gasteiger partial charge in [0.05, 0.1) is 23.1 Å². The number of nitrogens with two attached hydrogens (primary N) is 1. The number of carbonyl (C=O) groups excluding carboxylic acids is 1. The Morgan fingerprint density at radius 2 is 2.19 bits per heavy atom. The number of amides is 1. The maximum Gasteiger partial charge on any atom is 0.230 e. The number of nitrogens with one attached hydrogen (secondary N) is 1. The van der Waals surface area contributed by atoms with E-state index in [2.05, 4.69) is 5.32 Å². The maximum absolute atomic E-state index is 12.4. The lowest BCUT2D eigenvalue weighted by Gasteiger charge is -2.23. The van der Waals surface area contributed by atoms with Crippen molar-refractivity contribution in [2.75, 3.05) is 6.61 Å². The molecule has 3 atom stereocenters. The minimum Gasteiger partial charge on any atom is -0.393 e. The van der Waals surface area contributed by atoms with Crippen LogP contribution in [0.4, 0.5) is 0 Å². The second-order valence-electron chi connectivity index (χ2n) is 5.49. The van der Waals surface area contributed by atoms with Gasteiger partial charge in [0.1, 0.15) is 0 Å². The van der Waals surface area contributed by atoms with E-state index in [0.717, 1.165) is 25.0 Å². The van der Waals surface area contributed by atoms with Gasteiger partial charge in [0.2, 0.25) is 5.91 Å². The minimum absolute atomic E-state index is 0.0207. The first kappa shape index (κ1) is 15.9. The van der Waals surface area contributed by atoms with Gasteiger partial charge < -0.3 is 15.8 Å². The van der Waals surface area contributed by atoms with Crippen LogP contribution in [0.15, 0.2) is 30.3 Å². The quantitative estimate of drug-likeness (QED) is 0.787. The fourth-order valence-electron chi connectivity index (χ4n) is 2.59. The van der Waals surface area contributed by atoms with E-state index < -0.39 is 5.92 Å². The van der Waals surface area contributed by atoms with Crippen molar-refractivity contribution in [1.82, 2.24) is 5.32 Å². The van der Waals surface area contributed by atoms with Crippen molar-refractivity contribution in [2.45, 2.75) is 38.3 Å². The highest BCUT2D eigenvalue weighted by Crippen LogP contribution is 2.16. The summed E-state index contributed by atoms with van der Waals surface area (Å²) in [7, 11) is 0. The molecule has 0 bridgehead atoms. The smallest absolute Gasteiger partial charge is 0.230 e. The SMILES string of the molecule is CC(NC(=O)C(Cc1ccccc1)C(N)=S)C1CCCO1. The second kappa shape index (κ2) is 7.52. The van der Waals surface area contributed by atoms with Crippen molar-refractivity contribution >= 4 is 23.1 Å². The highest BCUT2D eigenvalue weighted by atomic mass is 32.1. The number of hydrogen-bond donors (Lipinski definition) is 2. The Kier molecular flexibility index (Phi) is 5.70. The predicted molar refractivity (Wildman–Crippen MR) is 87.0 cm³/mol. The van der Waals surface area contributed by atoms with Crippen LogP contribution in [-0.4, -0.2) is 29.6 Å². The molecule has 2 rings (SSSR count). The van der Waals surface area contributed by atoms with Crippen molar-refractivity contribution in [3.05, 3.63) is 35.9 Å². The van der Waals surface area contributed by atoms with Crippen LogP contribution in [-0.2, 0) is 16.0 Å². The molecule has 0 aliphatic carbocycles. The number of thiocarbonyl (C=S) groups is 1. The highest BCUT2D eigenvalue weighted by Gasteiger charge is 2.28. The standard InChI is InChI=1S/C16H22N2O2S/c1-11(14-8-5-9-20-14)18-16(19)13(15(17)21)10-12-6-3-2-4-7-12/h2-4,6-7,11,13-14H,5,8-10H2,1H3,(H2,17,21)(H,18,19). The van der Waals surface area contributed by atoms with Gasteiger partial charge in [-0.15, -0.1) is 0 Å². The van der Waals surface area contributed by atoms with Crippen molar-refractivity contribution in [2.24, 2.45) is 11.7 Å². The Labute approximate surface area is 131 Å². The molecule has 1 aromatic carbocycles. The first-order chi connectivity index (χ1) is 10.1. The van der Waals surface area contributed by atoms with Crippen molar-refractivity contribution < 1.29 is 9.53 Å². The van der Waals surface area contributed by atoms with E-state index in [0.29, 0.717) is 6.42 Å². The van der Waals surface area contributed by atoms with Gasteiger partial charge in [-0.2, -0.15) is 0 Å². The van der Waals surface area contributed by atoms with Crippen LogP contribution >= 0.6 is 12.2 Å². The van der Waals surface area contributed by atoms with Crippen LogP contribution in [0.2, 0.25) is 0 Å². The predicted octanol–water partition coefficient (Wildman–Crippen LogP) is 1.82. The Hall–Kier alpha value is -1.46. The summed E-state index contributed by atoms with van der Waals surface area (Å²) in [5, 5.41) is 2.99. The highest BCUT2D eigenvalue weighted by molar-refractivity contribution is 7.80. The van der Waals surface area contributed by atoms with Gasteiger partial charge >= 0.3 is 0 Å². The van der Waals surface area contributed by atoms with E-state index >= 15 is 0 Å². The van der Waals surface area contributed by atoms with Crippen LogP contribution < -0.4 is 11.1 Å². The molecule has 1 saturated heterocycles. The van der Waals surface area contributed by atoms with E-state index in [9.17, 15) is 4.79 Å². The first-order valence-electron chi connectivity index (χ1n) is 7.33. The Balaban J connectivity index is 1.97. The zero-order valence-electron chi connectivity index (χ0n) is 12.2. The molecule has 21 heavy (non-hydrogen) atoms. The summed E-state index contributed by atoms with van der Waals surface area (Å²) >= 11 is 5.07. The van der Waals surface area contributed by atoms with Gasteiger partial charge in [0, 0.05) is 6.61 Å². The van der Waals surface area contributed by atoms with E-state index in [1.807, 2.05) is 37.3 Å². The summed E-state index contributed by atoms with van der Waals surface area (Å²) < 4.78 is 5.60. The molecule has 114 valence electrons. The topological polar surface area (TPSA) is 64.4 Å². The van der Waals surface area contributed by atoms with Gasteiger partial charge in [-0.25, -0.2) is 0 Å². The van der Waals surface area contributed by atoms with E-state index in [1.54, 1.807) is 0 Å². The lowest BCUT2D eigenvalue weighted by molar-refractivity contribution is -0.124. The van der Waals surface area contributed by atoms with Crippen LogP contribution in [0.25, 0.3) is 0 Å². The average molecular weight is 306 g/mol. The van der Waals surface area contributed by atoms with Crippen molar-refractivity contribution in [3.8, 4) is 0 Å². The van der Waals surface area contributed by atoms with E-state index in [4.69, 9.17) is 22.7 Å². The van der Waals surface area contributed by atoms with Crippen molar-refractivity contribution in [3.63, 3.8) is 0 Å². The molecule has 1 aliphatic heterocycles. The summed E-state index contributed by atoms with van der Waals surface area (Å²) in [4.78, 5) is 12.7. The largest absolute Gasteiger partial charge is 0.393 e. The molecule has 0 spiro atoms. The normalized spacial score (nSPS) is 20.7. The molecule has 4 nitrogen and oxygen atoms in total. The lowest BCUT2D eigenvalue weighted by Crippen LogP contribution is -2.47. The van der Waals surface area contributed by atoms with Gasteiger partial charge in [-0.3, -0.25) is 4.79 Å². The maximum atomic E-state index is 12.4. The second-order valence-corrected chi connectivity index (χ2v) is 5.96. The van der Waals surface area contributed by atoms with Crippen LogP contribution in [0, 0.1) is 5.92 Å². The number of ether oxygens (including phenoxy) is 1. The molecule has 1 aromatic rings. The third-order valence-corrected chi connectivity index (χ3v) is 4.12. The summed E-state index contributed by atoms with van der Waals surface area (Å²) in [6.45, 7) is 2.74. The van der Waals surface area contributed by atoms with E-state index in [1.165, 1.54) is 0 Å². The Morgan fingerprint density at radius 3 is 2.76 bits per heavy atom. The minimum atomic E-state index is -0.480. The summed E-state index contributed by atoms with van der Waals surface area (Å²) in [5.41, 5.74) is 6.81. The molecular weight excluding hydrogens is 284 g/mol. The van der Waals surface area contributed by atoms with Gasteiger partial charge in [0.15, 0.2) is 0 Å². The molecule has 3 N–H and O–H groups in total. The number of benzene rings is 1. The van der Waals surface area contributed by atoms with Crippen LogP contribution in [0.5, 0.6) is 0 Å². The third kappa shape index (κ3) is 4.51. The van der Waals surface area contributed by atoms with Crippen LogP contribution in [0.1, 0.15) is 25.3 Å². The molecule has 0 aromatic heterocycles. The van der Waals surface area contributed by atoms with Gasteiger partial charge in [0.25, 0.3) is 0 Å². The Morgan fingerprint density at radius 1 is 1.48 bits per heavy atom. The molecule has 0 saturated carbocycles. The molecule has 1 aliphatic rings. The van der Waals surface area contributed by atoms with E-state index in [-0.39, 0.29) is 23.0 Å². The molecule has 1 heterocycles. The fraction of sp³-hybridized carbons (Fsp3) is 0.500. The number of hydrogen-bond acceptors (Lipinski definition) is 3. The monoisotopic (exact) mass is 306 g/mol. The summed E-state index contributed by atoms with van der Waals surface area (Å²) in [5.74, 6) is -0.597. The first-order valence-corrected chi connectivity index (χ1v) is 7.74. The molecule has 1 fully saturated rings. The average Bonchev–Trinajstić information content (AvgIpc) is 2.99. The summed E-state index contributed by atoms with van der Waals surface area (Å²) in [6.07, 6.45) is 2.66.